The van der Waals surface area contributed by atoms with Crippen LogP contribution in [0.2, 0.25) is 0 Å². The molecule has 1 aromatic carbocycles. The number of benzene rings is 1. The third kappa shape index (κ3) is 2.14. The van der Waals surface area contributed by atoms with Crippen molar-refractivity contribution in [2.24, 2.45) is 0 Å². The van der Waals surface area contributed by atoms with Gasteiger partial charge in [0.15, 0.2) is 5.78 Å². The number of hydrogen-bond donors (Lipinski definition) is 1. The van der Waals surface area contributed by atoms with Gasteiger partial charge < -0.3 is 4.98 Å². The number of alkyl halides is 1. The van der Waals surface area contributed by atoms with Crippen LogP contribution in [0.3, 0.4) is 0 Å². The second kappa shape index (κ2) is 4.55. The van der Waals surface area contributed by atoms with Crippen LogP contribution in [0.15, 0.2) is 24.4 Å². The molecule has 0 aliphatic heterocycles. The molecule has 0 aliphatic rings. The Labute approximate surface area is 102 Å². The smallest absolute Gasteiger partial charge is 0.271 e. The van der Waals surface area contributed by atoms with Crippen molar-refractivity contribution in [3.63, 3.8) is 0 Å². The largest absolute Gasteiger partial charge is 0.360 e. The molecule has 2 aromatic rings. The first-order chi connectivity index (χ1) is 8.13. The third-order valence-corrected chi connectivity index (χ3v) is 2.69. The molecule has 1 aromatic heterocycles. The minimum Gasteiger partial charge on any atom is -0.360 e. The van der Waals surface area contributed by atoms with Crippen molar-refractivity contribution in [1.29, 1.82) is 0 Å². The Morgan fingerprint density at radius 3 is 2.88 bits per heavy atom. The summed E-state index contributed by atoms with van der Waals surface area (Å²) in [5.41, 5.74) is 1.10. The topological polar surface area (TPSA) is 76.0 Å². The third-order valence-electron chi connectivity index (χ3n) is 2.50. The van der Waals surface area contributed by atoms with Gasteiger partial charge in [0.25, 0.3) is 5.69 Å². The van der Waals surface area contributed by atoms with Gasteiger partial charge in [-0.2, -0.15) is 0 Å². The summed E-state index contributed by atoms with van der Waals surface area (Å²) >= 11 is 5.51. The second-order valence-corrected chi connectivity index (χ2v) is 3.93. The molecule has 6 heteroatoms. The number of hydrogen-bond acceptors (Lipinski definition) is 3. The zero-order valence-corrected chi connectivity index (χ0v) is 9.53. The van der Waals surface area contributed by atoms with E-state index in [1.807, 2.05) is 0 Å². The summed E-state index contributed by atoms with van der Waals surface area (Å²) in [7, 11) is 0. The van der Waals surface area contributed by atoms with Gasteiger partial charge in [-0.05, 0) is 6.07 Å². The summed E-state index contributed by atoms with van der Waals surface area (Å²) < 4.78 is 0. The van der Waals surface area contributed by atoms with Crippen molar-refractivity contribution in [3.8, 4) is 0 Å². The fourth-order valence-electron chi connectivity index (χ4n) is 1.68. The van der Waals surface area contributed by atoms with Crippen LogP contribution < -0.4 is 0 Å². The standard InChI is InChI=1S/C11H9ClN2O3/c12-4-3-11(15)9-6-13-10-5-7(14(16)17)1-2-8(9)10/h1-2,5-6,13H,3-4H2. The summed E-state index contributed by atoms with van der Waals surface area (Å²) in [5.74, 6) is 0.193. The number of nitrogens with zero attached hydrogens (tertiary/aromatic N) is 1. The number of H-pyrrole nitrogens is 1. The van der Waals surface area contributed by atoms with Crippen molar-refractivity contribution < 1.29 is 9.72 Å². The molecule has 88 valence electrons. The number of nitrogens with one attached hydrogen (secondary N) is 1. The highest BCUT2D eigenvalue weighted by Crippen LogP contribution is 2.24. The molecular formula is C11H9ClN2O3. The van der Waals surface area contributed by atoms with Crippen LogP contribution in [0.1, 0.15) is 16.8 Å². The molecule has 0 radical (unpaired) electrons. The van der Waals surface area contributed by atoms with Crippen molar-refractivity contribution in [1.82, 2.24) is 4.98 Å². The average molecular weight is 253 g/mol. The monoisotopic (exact) mass is 252 g/mol. The van der Waals surface area contributed by atoms with Gasteiger partial charge in [0, 0.05) is 41.6 Å². The lowest BCUT2D eigenvalue weighted by Gasteiger charge is -1.96. The van der Waals surface area contributed by atoms with Crippen LogP contribution in [0.5, 0.6) is 0 Å². The second-order valence-electron chi connectivity index (χ2n) is 3.55. The van der Waals surface area contributed by atoms with Gasteiger partial charge in [-0.3, -0.25) is 14.9 Å². The highest BCUT2D eigenvalue weighted by atomic mass is 35.5. The molecule has 0 amide bonds. The molecule has 2 rings (SSSR count). The van der Waals surface area contributed by atoms with Crippen LogP contribution in [0.4, 0.5) is 5.69 Å². The van der Waals surface area contributed by atoms with Gasteiger partial charge in [-0.1, -0.05) is 0 Å². The van der Waals surface area contributed by atoms with E-state index >= 15 is 0 Å². The highest BCUT2D eigenvalue weighted by molar-refractivity contribution is 6.20. The number of carbonyl (C=O) groups excluding carboxylic acids is 1. The molecule has 0 unspecified atom stereocenters. The van der Waals surface area contributed by atoms with Crippen molar-refractivity contribution in [2.75, 3.05) is 5.88 Å². The molecule has 0 aliphatic carbocycles. The molecule has 0 bridgehead atoms. The maximum absolute atomic E-state index is 11.7. The van der Waals surface area contributed by atoms with E-state index in [2.05, 4.69) is 4.98 Å². The Morgan fingerprint density at radius 1 is 1.47 bits per heavy atom. The molecule has 0 spiro atoms. The van der Waals surface area contributed by atoms with Crippen LogP contribution in [-0.4, -0.2) is 21.6 Å². The maximum atomic E-state index is 11.7. The quantitative estimate of drug-likeness (QED) is 0.393. The lowest BCUT2D eigenvalue weighted by atomic mass is 10.1. The van der Waals surface area contributed by atoms with Crippen molar-refractivity contribution >= 4 is 34.0 Å². The number of carbonyl (C=O) groups is 1. The minimum absolute atomic E-state index is 0.00399. The molecule has 5 nitrogen and oxygen atoms in total. The Bertz CT molecular complexity index is 591. The van der Waals surface area contributed by atoms with Gasteiger partial charge in [-0.15, -0.1) is 11.6 Å². The lowest BCUT2D eigenvalue weighted by molar-refractivity contribution is -0.384. The van der Waals surface area contributed by atoms with Gasteiger partial charge in [0.1, 0.15) is 0 Å². The molecule has 17 heavy (non-hydrogen) atoms. The van der Waals surface area contributed by atoms with E-state index in [-0.39, 0.29) is 23.8 Å². The minimum atomic E-state index is -0.472. The van der Waals surface area contributed by atoms with Gasteiger partial charge in [0.2, 0.25) is 0 Å². The highest BCUT2D eigenvalue weighted by Gasteiger charge is 2.14. The molecule has 0 saturated carbocycles. The van der Waals surface area contributed by atoms with E-state index in [1.165, 1.54) is 12.1 Å². The zero-order chi connectivity index (χ0) is 12.4. The molecular weight excluding hydrogens is 244 g/mol. The molecule has 0 saturated heterocycles. The molecule has 1 N–H and O–H groups in total. The predicted molar refractivity (Wildman–Crippen MR) is 64.6 cm³/mol. The van der Waals surface area contributed by atoms with Crippen LogP contribution in [0.25, 0.3) is 10.9 Å². The van der Waals surface area contributed by atoms with E-state index in [9.17, 15) is 14.9 Å². The number of halogens is 1. The Morgan fingerprint density at radius 2 is 2.24 bits per heavy atom. The fourth-order valence-corrected chi connectivity index (χ4v) is 1.85. The summed E-state index contributed by atoms with van der Waals surface area (Å²) in [5, 5.41) is 11.3. The molecule has 0 atom stereocenters. The Balaban J connectivity index is 2.48. The SMILES string of the molecule is O=C(CCCl)c1c[nH]c2cc([N+](=O)[O-])ccc12. The summed E-state index contributed by atoms with van der Waals surface area (Å²) in [6.07, 6.45) is 1.81. The average Bonchev–Trinajstić information content (AvgIpc) is 2.71. The first kappa shape index (κ1) is 11.6. The van der Waals surface area contributed by atoms with E-state index < -0.39 is 4.92 Å². The number of nitro groups is 1. The van der Waals surface area contributed by atoms with Gasteiger partial charge >= 0.3 is 0 Å². The first-order valence-corrected chi connectivity index (χ1v) is 5.51. The lowest BCUT2D eigenvalue weighted by Crippen LogP contribution is -1.98. The summed E-state index contributed by atoms with van der Waals surface area (Å²) in [6.45, 7) is 0. The summed E-state index contributed by atoms with van der Waals surface area (Å²) in [6, 6.07) is 4.37. The Kier molecular flexibility index (Phi) is 3.10. The first-order valence-electron chi connectivity index (χ1n) is 4.98. The number of ketones is 1. The number of non-ortho nitro benzene ring substituents is 1. The van der Waals surface area contributed by atoms with Crippen molar-refractivity contribution in [2.45, 2.75) is 6.42 Å². The van der Waals surface area contributed by atoms with Gasteiger partial charge in [0.05, 0.1) is 10.4 Å². The summed E-state index contributed by atoms with van der Waals surface area (Å²) in [4.78, 5) is 24.7. The number of fused-ring (bicyclic) bond motifs is 1. The number of nitro benzene ring substituents is 1. The molecule has 0 fully saturated rings. The van der Waals surface area contributed by atoms with E-state index in [0.717, 1.165) is 0 Å². The number of rotatable bonds is 4. The van der Waals surface area contributed by atoms with E-state index in [4.69, 9.17) is 11.6 Å². The number of aromatic nitrogens is 1. The fraction of sp³-hybridized carbons (Fsp3) is 0.182. The number of aromatic amines is 1. The normalized spacial score (nSPS) is 10.6. The maximum Gasteiger partial charge on any atom is 0.271 e. The number of Topliss-reactive ketones (excluding diaryl/α,β-unsaturated/α-hetero) is 1. The van der Waals surface area contributed by atoms with Crippen LogP contribution >= 0.6 is 11.6 Å². The van der Waals surface area contributed by atoms with Crippen molar-refractivity contribution in [3.05, 3.63) is 40.1 Å². The van der Waals surface area contributed by atoms with E-state index in [1.54, 1.807) is 12.3 Å². The van der Waals surface area contributed by atoms with Crippen LogP contribution in [-0.2, 0) is 0 Å². The Hall–Kier alpha value is -1.88. The van der Waals surface area contributed by atoms with E-state index in [0.29, 0.717) is 16.5 Å². The zero-order valence-electron chi connectivity index (χ0n) is 8.77. The van der Waals surface area contributed by atoms with Crippen LogP contribution in [0, 0.1) is 10.1 Å². The van der Waals surface area contributed by atoms with Gasteiger partial charge in [-0.25, -0.2) is 0 Å². The molecule has 1 heterocycles. The predicted octanol–water partition coefficient (Wildman–Crippen LogP) is 2.89.